The van der Waals surface area contributed by atoms with E-state index in [9.17, 15) is 0 Å². The van der Waals surface area contributed by atoms with Crippen molar-refractivity contribution in [1.82, 2.24) is 0 Å². The molecule has 0 aliphatic heterocycles. The van der Waals surface area contributed by atoms with Gasteiger partial charge in [-0.2, -0.15) is 0 Å². The summed E-state index contributed by atoms with van der Waals surface area (Å²) >= 11 is 0. The molecular weight excluding hydrogens is 144 g/mol. The third kappa shape index (κ3) is 1.91. The van der Waals surface area contributed by atoms with Gasteiger partial charge in [-0.05, 0) is 30.1 Å². The van der Waals surface area contributed by atoms with Crippen LogP contribution in [0.4, 0.5) is 0 Å². The summed E-state index contributed by atoms with van der Waals surface area (Å²) < 4.78 is 0. The molecule has 0 bridgehead atoms. The Morgan fingerprint density at radius 3 is 1.67 bits per heavy atom. The van der Waals surface area contributed by atoms with Crippen molar-refractivity contribution in [3.8, 4) is 0 Å². The molecule has 0 aliphatic carbocycles. The first-order valence-electron chi connectivity index (χ1n) is 5.17. The van der Waals surface area contributed by atoms with Crippen molar-refractivity contribution in [2.45, 2.75) is 47.5 Å². The van der Waals surface area contributed by atoms with Crippen LogP contribution in [-0.2, 0) is 0 Å². The molecule has 0 N–H and O–H groups in total. The van der Waals surface area contributed by atoms with Crippen LogP contribution in [0.2, 0.25) is 0 Å². The molecule has 0 fully saturated rings. The summed E-state index contributed by atoms with van der Waals surface area (Å²) in [6, 6.07) is 0. The smallest absolute Gasteiger partial charge is 0.0206 e. The molecule has 72 valence electrons. The lowest BCUT2D eigenvalue weighted by atomic mass is 9.65. The van der Waals surface area contributed by atoms with Crippen molar-refractivity contribution in [3.05, 3.63) is 12.7 Å². The van der Waals surface area contributed by atoms with E-state index >= 15 is 0 Å². The molecule has 0 saturated heterocycles. The fourth-order valence-corrected chi connectivity index (χ4v) is 2.47. The highest BCUT2D eigenvalue weighted by atomic mass is 14.4. The summed E-state index contributed by atoms with van der Waals surface area (Å²) in [6.07, 6.45) is 4.62. The predicted molar refractivity (Wildman–Crippen MR) is 57.2 cm³/mol. The quantitative estimate of drug-likeness (QED) is 0.538. The summed E-state index contributed by atoms with van der Waals surface area (Å²) in [5.41, 5.74) is 0.474. The van der Waals surface area contributed by atoms with Crippen molar-refractivity contribution in [2.24, 2.45) is 17.3 Å². The van der Waals surface area contributed by atoms with E-state index in [1.807, 2.05) is 0 Å². The summed E-state index contributed by atoms with van der Waals surface area (Å²) in [4.78, 5) is 0. The molecule has 0 aromatic heterocycles. The number of hydrogen-bond donors (Lipinski definition) is 0. The van der Waals surface area contributed by atoms with Crippen LogP contribution >= 0.6 is 0 Å². The Bertz CT molecular complexity index is 129. The van der Waals surface area contributed by atoms with Crippen LogP contribution in [-0.4, -0.2) is 0 Å². The van der Waals surface area contributed by atoms with Gasteiger partial charge >= 0.3 is 0 Å². The van der Waals surface area contributed by atoms with Crippen molar-refractivity contribution >= 4 is 0 Å². The Balaban J connectivity index is 4.67. The molecule has 0 aromatic rings. The summed E-state index contributed by atoms with van der Waals surface area (Å²) in [7, 11) is 0. The molecule has 0 heteroatoms. The van der Waals surface area contributed by atoms with Crippen molar-refractivity contribution < 1.29 is 0 Å². The average Bonchev–Trinajstić information content (AvgIpc) is 2.06. The Morgan fingerprint density at radius 2 is 1.58 bits per heavy atom. The lowest BCUT2D eigenvalue weighted by Crippen LogP contribution is -2.32. The fraction of sp³-hybridized carbons (Fsp3) is 0.833. The van der Waals surface area contributed by atoms with Crippen LogP contribution in [0.25, 0.3) is 0 Å². The van der Waals surface area contributed by atoms with Crippen LogP contribution < -0.4 is 0 Å². The molecule has 0 nitrogen and oxygen atoms in total. The molecule has 1 atom stereocenters. The van der Waals surface area contributed by atoms with Gasteiger partial charge in [-0.1, -0.05) is 40.7 Å². The Labute approximate surface area is 78.1 Å². The number of rotatable bonds is 5. The van der Waals surface area contributed by atoms with E-state index in [0.29, 0.717) is 11.3 Å². The molecule has 0 rings (SSSR count). The van der Waals surface area contributed by atoms with E-state index in [1.54, 1.807) is 0 Å². The molecule has 0 heterocycles. The lowest BCUT2D eigenvalue weighted by Gasteiger charge is -2.40. The van der Waals surface area contributed by atoms with Gasteiger partial charge in [-0.25, -0.2) is 0 Å². The first-order valence-corrected chi connectivity index (χ1v) is 5.17. The zero-order valence-electron chi connectivity index (χ0n) is 9.35. The van der Waals surface area contributed by atoms with Gasteiger partial charge in [0.25, 0.3) is 0 Å². The predicted octanol–water partition coefficient (Wildman–Crippen LogP) is 4.27. The summed E-state index contributed by atoms with van der Waals surface area (Å²) in [6.45, 7) is 15.4. The van der Waals surface area contributed by atoms with Gasteiger partial charge < -0.3 is 0 Å². The molecule has 0 amide bonds. The van der Waals surface area contributed by atoms with Crippen LogP contribution in [0.1, 0.15) is 47.5 Å². The SMILES string of the molecule is C=CC(C)C(CC)(CC)C(C)C. The molecular formula is C12H24. The van der Waals surface area contributed by atoms with E-state index in [-0.39, 0.29) is 0 Å². The second-order valence-corrected chi connectivity index (χ2v) is 4.12. The van der Waals surface area contributed by atoms with E-state index in [0.717, 1.165) is 5.92 Å². The standard InChI is InChI=1S/C12H24/c1-7-11(6)12(8-2,9-3)10(4)5/h7,10-11H,1,8-9H2,2-6H3. The van der Waals surface area contributed by atoms with Crippen molar-refractivity contribution in [1.29, 1.82) is 0 Å². The highest BCUT2D eigenvalue weighted by molar-refractivity contribution is 4.93. The minimum Gasteiger partial charge on any atom is -0.103 e. The second kappa shape index (κ2) is 4.69. The zero-order chi connectivity index (χ0) is 9.78. The molecule has 0 spiro atoms. The van der Waals surface area contributed by atoms with Crippen LogP contribution in [0.3, 0.4) is 0 Å². The topological polar surface area (TPSA) is 0 Å². The van der Waals surface area contributed by atoms with Crippen molar-refractivity contribution in [3.63, 3.8) is 0 Å². The van der Waals surface area contributed by atoms with Crippen LogP contribution in [0.5, 0.6) is 0 Å². The van der Waals surface area contributed by atoms with Gasteiger partial charge in [0.1, 0.15) is 0 Å². The maximum atomic E-state index is 3.90. The van der Waals surface area contributed by atoms with Gasteiger partial charge in [-0.3, -0.25) is 0 Å². The van der Waals surface area contributed by atoms with Crippen LogP contribution in [0, 0.1) is 17.3 Å². The number of allylic oxidation sites excluding steroid dienone is 1. The third-order valence-corrected chi connectivity index (χ3v) is 3.73. The molecule has 0 saturated carbocycles. The molecule has 0 aliphatic rings. The highest BCUT2D eigenvalue weighted by Crippen LogP contribution is 2.42. The molecule has 12 heavy (non-hydrogen) atoms. The second-order valence-electron chi connectivity index (χ2n) is 4.12. The van der Waals surface area contributed by atoms with E-state index in [4.69, 9.17) is 0 Å². The Morgan fingerprint density at radius 1 is 1.17 bits per heavy atom. The maximum absolute atomic E-state index is 3.90. The minimum absolute atomic E-state index is 0.474. The van der Waals surface area contributed by atoms with Gasteiger partial charge in [0.2, 0.25) is 0 Å². The summed E-state index contributed by atoms with van der Waals surface area (Å²) in [5, 5.41) is 0. The largest absolute Gasteiger partial charge is 0.103 e. The maximum Gasteiger partial charge on any atom is -0.0206 e. The van der Waals surface area contributed by atoms with Gasteiger partial charge in [0, 0.05) is 0 Å². The summed E-state index contributed by atoms with van der Waals surface area (Å²) in [5.74, 6) is 1.38. The molecule has 0 radical (unpaired) electrons. The van der Waals surface area contributed by atoms with E-state index < -0.39 is 0 Å². The van der Waals surface area contributed by atoms with Gasteiger partial charge in [-0.15, -0.1) is 6.58 Å². The van der Waals surface area contributed by atoms with E-state index in [2.05, 4.69) is 47.3 Å². The Hall–Kier alpha value is -0.260. The number of hydrogen-bond acceptors (Lipinski definition) is 0. The minimum atomic E-state index is 0.474. The first kappa shape index (κ1) is 11.7. The molecule has 0 aromatic carbocycles. The monoisotopic (exact) mass is 168 g/mol. The fourth-order valence-electron chi connectivity index (χ4n) is 2.47. The average molecular weight is 168 g/mol. The van der Waals surface area contributed by atoms with Crippen molar-refractivity contribution in [2.75, 3.05) is 0 Å². The first-order chi connectivity index (χ1) is 5.55. The normalized spacial score (nSPS) is 14.8. The lowest BCUT2D eigenvalue weighted by molar-refractivity contribution is 0.116. The Kier molecular flexibility index (Phi) is 4.59. The zero-order valence-corrected chi connectivity index (χ0v) is 9.35. The van der Waals surface area contributed by atoms with Crippen LogP contribution in [0.15, 0.2) is 12.7 Å². The van der Waals surface area contributed by atoms with Gasteiger partial charge in [0.05, 0.1) is 0 Å². The molecule has 1 unspecified atom stereocenters. The van der Waals surface area contributed by atoms with E-state index in [1.165, 1.54) is 12.8 Å². The third-order valence-electron chi connectivity index (χ3n) is 3.73. The highest BCUT2D eigenvalue weighted by Gasteiger charge is 2.33. The van der Waals surface area contributed by atoms with Gasteiger partial charge in [0.15, 0.2) is 0 Å².